The summed E-state index contributed by atoms with van der Waals surface area (Å²) in [6.45, 7) is -0.0973. The molecule has 0 aliphatic rings. The van der Waals surface area contributed by atoms with Crippen molar-refractivity contribution in [3.8, 4) is 6.07 Å². The largest absolute Gasteiger partial charge is 0.360 e. The van der Waals surface area contributed by atoms with Crippen LogP contribution in [0.15, 0.2) is 24.4 Å². The van der Waals surface area contributed by atoms with Crippen LogP contribution in [0.4, 0.5) is 4.39 Å². The van der Waals surface area contributed by atoms with E-state index >= 15 is 0 Å². The van der Waals surface area contributed by atoms with E-state index in [9.17, 15) is 9.18 Å². The van der Waals surface area contributed by atoms with Gasteiger partial charge in [0.2, 0.25) is 0 Å². The van der Waals surface area contributed by atoms with Gasteiger partial charge in [0.25, 0.3) is 5.91 Å². The number of hydrogen-bond acceptors (Lipinski definition) is 2. The summed E-state index contributed by atoms with van der Waals surface area (Å²) < 4.78 is 13.5. The van der Waals surface area contributed by atoms with Gasteiger partial charge in [-0.05, 0) is 12.1 Å². The van der Waals surface area contributed by atoms with Crippen LogP contribution in [0, 0.1) is 17.1 Å². The number of nitriles is 1. The van der Waals surface area contributed by atoms with Crippen LogP contribution in [0.25, 0.3) is 10.9 Å². The van der Waals surface area contributed by atoms with Gasteiger partial charge < -0.3 is 10.3 Å². The third-order valence-corrected chi connectivity index (χ3v) is 2.23. The molecule has 0 spiro atoms. The van der Waals surface area contributed by atoms with E-state index in [1.807, 2.05) is 0 Å². The summed E-state index contributed by atoms with van der Waals surface area (Å²) in [5, 5.41) is 10.9. The van der Waals surface area contributed by atoms with Gasteiger partial charge in [-0.2, -0.15) is 5.26 Å². The molecule has 0 bridgehead atoms. The fourth-order valence-electron chi connectivity index (χ4n) is 1.53. The first-order valence-electron chi connectivity index (χ1n) is 4.65. The van der Waals surface area contributed by atoms with Crippen molar-refractivity contribution < 1.29 is 9.18 Å². The molecule has 1 aromatic heterocycles. The molecular formula is C11H8FN3O. The van der Waals surface area contributed by atoms with Crippen LogP contribution in [0.5, 0.6) is 0 Å². The van der Waals surface area contributed by atoms with E-state index in [0.717, 1.165) is 0 Å². The Bertz CT molecular complexity index is 582. The summed E-state index contributed by atoms with van der Waals surface area (Å²) in [7, 11) is 0. The Kier molecular flexibility index (Phi) is 2.56. The highest BCUT2D eigenvalue weighted by Gasteiger charge is 2.14. The number of carbonyl (C=O) groups excluding carboxylic acids is 1. The molecule has 2 N–H and O–H groups in total. The molecule has 4 nitrogen and oxygen atoms in total. The Morgan fingerprint density at radius 1 is 1.56 bits per heavy atom. The molecule has 0 atom stereocenters. The summed E-state index contributed by atoms with van der Waals surface area (Å²) >= 11 is 0. The highest BCUT2D eigenvalue weighted by Crippen LogP contribution is 2.21. The average molecular weight is 217 g/mol. The lowest BCUT2D eigenvalue weighted by Gasteiger charge is -1.99. The maximum Gasteiger partial charge on any atom is 0.254 e. The van der Waals surface area contributed by atoms with Crippen molar-refractivity contribution in [3.63, 3.8) is 0 Å². The molecule has 2 rings (SSSR count). The monoisotopic (exact) mass is 217 g/mol. The minimum atomic E-state index is -0.460. The van der Waals surface area contributed by atoms with Gasteiger partial charge in [-0.1, -0.05) is 6.07 Å². The summed E-state index contributed by atoms with van der Waals surface area (Å²) in [5.74, 6) is -0.918. The number of fused-ring (bicyclic) bond motifs is 1. The van der Waals surface area contributed by atoms with Crippen LogP contribution in [-0.4, -0.2) is 17.4 Å². The summed E-state index contributed by atoms with van der Waals surface area (Å²) in [6.07, 6.45) is 1.43. The van der Waals surface area contributed by atoms with Crippen molar-refractivity contribution in [2.24, 2.45) is 0 Å². The van der Waals surface area contributed by atoms with Crippen LogP contribution in [-0.2, 0) is 0 Å². The van der Waals surface area contributed by atoms with Crippen molar-refractivity contribution >= 4 is 16.8 Å². The van der Waals surface area contributed by atoms with Crippen molar-refractivity contribution in [2.75, 3.05) is 6.54 Å². The van der Waals surface area contributed by atoms with E-state index in [4.69, 9.17) is 5.26 Å². The molecule has 0 radical (unpaired) electrons. The normalized spacial score (nSPS) is 10.0. The molecule has 1 amide bonds. The van der Waals surface area contributed by atoms with Gasteiger partial charge in [-0.3, -0.25) is 4.79 Å². The second kappa shape index (κ2) is 4.03. The van der Waals surface area contributed by atoms with Gasteiger partial charge in [0.05, 0.1) is 11.6 Å². The maximum atomic E-state index is 13.5. The Morgan fingerprint density at radius 3 is 3.12 bits per heavy atom. The number of aromatic nitrogens is 1. The molecule has 1 aromatic carbocycles. The van der Waals surface area contributed by atoms with Gasteiger partial charge in [0.15, 0.2) is 0 Å². The van der Waals surface area contributed by atoms with Gasteiger partial charge in [-0.25, -0.2) is 4.39 Å². The van der Waals surface area contributed by atoms with E-state index in [1.54, 1.807) is 18.2 Å². The number of H-pyrrole nitrogens is 1. The third-order valence-electron chi connectivity index (χ3n) is 2.23. The lowest BCUT2D eigenvalue weighted by atomic mass is 10.1. The molecule has 2 aromatic rings. The van der Waals surface area contributed by atoms with E-state index < -0.39 is 11.7 Å². The molecule has 0 saturated carbocycles. The van der Waals surface area contributed by atoms with E-state index in [-0.39, 0.29) is 17.5 Å². The smallest absolute Gasteiger partial charge is 0.254 e. The molecule has 0 aliphatic heterocycles. The lowest BCUT2D eigenvalue weighted by molar-refractivity contribution is 0.0960. The number of amides is 1. The van der Waals surface area contributed by atoms with Crippen LogP contribution in [0.2, 0.25) is 0 Å². The highest BCUT2D eigenvalue weighted by molar-refractivity contribution is 6.06. The molecule has 5 heteroatoms. The average Bonchev–Trinajstić information content (AvgIpc) is 2.71. The predicted octanol–water partition coefficient (Wildman–Crippen LogP) is 1.56. The first kappa shape index (κ1) is 10.2. The Morgan fingerprint density at radius 2 is 2.38 bits per heavy atom. The number of halogens is 1. The summed E-state index contributed by atoms with van der Waals surface area (Å²) in [6, 6.07) is 6.32. The number of nitrogens with one attached hydrogen (secondary N) is 2. The fraction of sp³-hybridized carbons (Fsp3) is 0.0909. The van der Waals surface area contributed by atoms with E-state index in [1.165, 1.54) is 12.3 Å². The number of hydrogen-bond donors (Lipinski definition) is 2. The van der Waals surface area contributed by atoms with Crippen molar-refractivity contribution in [1.29, 1.82) is 5.26 Å². The second-order valence-corrected chi connectivity index (χ2v) is 3.21. The number of benzene rings is 1. The van der Waals surface area contributed by atoms with Crippen LogP contribution in [0.3, 0.4) is 0 Å². The van der Waals surface area contributed by atoms with E-state index in [2.05, 4.69) is 10.3 Å². The van der Waals surface area contributed by atoms with Gasteiger partial charge in [0.1, 0.15) is 12.4 Å². The summed E-state index contributed by atoms with van der Waals surface area (Å²) in [4.78, 5) is 14.4. The number of carbonyl (C=O) groups is 1. The van der Waals surface area contributed by atoms with Crippen molar-refractivity contribution in [3.05, 3.63) is 35.8 Å². The zero-order valence-electron chi connectivity index (χ0n) is 8.25. The van der Waals surface area contributed by atoms with E-state index in [0.29, 0.717) is 5.52 Å². The van der Waals surface area contributed by atoms with Crippen LogP contribution < -0.4 is 5.32 Å². The van der Waals surface area contributed by atoms with Crippen LogP contribution in [0.1, 0.15) is 10.4 Å². The lowest BCUT2D eigenvalue weighted by Crippen LogP contribution is -2.23. The first-order valence-corrected chi connectivity index (χ1v) is 4.65. The number of nitrogens with zero attached hydrogens (tertiary/aromatic N) is 1. The Balaban J connectivity index is 2.46. The predicted molar refractivity (Wildman–Crippen MR) is 56.2 cm³/mol. The molecule has 1 heterocycles. The quantitative estimate of drug-likeness (QED) is 0.749. The molecule has 0 fully saturated rings. The highest BCUT2D eigenvalue weighted by atomic mass is 19.1. The zero-order chi connectivity index (χ0) is 11.5. The van der Waals surface area contributed by atoms with Gasteiger partial charge in [0, 0.05) is 17.1 Å². The minimum Gasteiger partial charge on any atom is -0.360 e. The number of rotatable bonds is 2. The summed E-state index contributed by atoms with van der Waals surface area (Å²) in [5.41, 5.74) is 0.769. The molecule has 0 saturated heterocycles. The molecule has 0 unspecified atom stereocenters. The SMILES string of the molecule is N#CCNC(=O)c1c[nH]c2cccc(F)c12. The topological polar surface area (TPSA) is 68.7 Å². The molecule has 80 valence electrons. The van der Waals surface area contributed by atoms with Crippen molar-refractivity contribution in [2.45, 2.75) is 0 Å². The maximum absolute atomic E-state index is 13.5. The van der Waals surface area contributed by atoms with Crippen molar-refractivity contribution in [1.82, 2.24) is 10.3 Å². The molecule has 16 heavy (non-hydrogen) atoms. The first-order chi connectivity index (χ1) is 7.74. The third kappa shape index (κ3) is 1.61. The number of aromatic amines is 1. The standard InChI is InChI=1S/C11H8FN3O/c12-8-2-1-3-9-10(8)7(6-15-9)11(16)14-5-4-13/h1-3,6,15H,5H2,(H,14,16). The molecule has 0 aliphatic carbocycles. The van der Waals surface area contributed by atoms with Gasteiger partial charge in [-0.15, -0.1) is 0 Å². The second-order valence-electron chi connectivity index (χ2n) is 3.21. The van der Waals surface area contributed by atoms with Crippen LogP contribution >= 0.6 is 0 Å². The zero-order valence-corrected chi connectivity index (χ0v) is 8.25. The Labute approximate surface area is 90.7 Å². The fourth-order valence-corrected chi connectivity index (χ4v) is 1.53. The Hall–Kier alpha value is -2.35. The minimum absolute atomic E-state index is 0.0973. The van der Waals surface area contributed by atoms with Gasteiger partial charge >= 0.3 is 0 Å². The molecular weight excluding hydrogens is 209 g/mol.